The normalized spacial score (nSPS) is 16.9. The summed E-state index contributed by atoms with van der Waals surface area (Å²) >= 11 is 6.22. The van der Waals surface area contributed by atoms with Gasteiger partial charge in [-0.2, -0.15) is 0 Å². The van der Waals surface area contributed by atoms with E-state index in [0.717, 1.165) is 18.9 Å². The van der Waals surface area contributed by atoms with Gasteiger partial charge in [0.15, 0.2) is 0 Å². The minimum absolute atomic E-state index is 0.121. The van der Waals surface area contributed by atoms with E-state index in [-0.39, 0.29) is 17.2 Å². The molecule has 0 unspecified atom stereocenters. The second-order valence-corrected chi connectivity index (χ2v) is 9.37. The zero-order valence-corrected chi connectivity index (χ0v) is 19.0. The van der Waals surface area contributed by atoms with Crippen LogP contribution in [0.1, 0.15) is 34.3 Å². The number of ether oxygens (including phenoxy) is 1. The van der Waals surface area contributed by atoms with Crippen LogP contribution in [0.3, 0.4) is 0 Å². The number of hydrogen-bond donors (Lipinski definition) is 0. The summed E-state index contributed by atoms with van der Waals surface area (Å²) in [5.41, 5.74) is 3.47. The molecule has 2 aliphatic rings. The van der Waals surface area contributed by atoms with Crippen molar-refractivity contribution in [3.05, 3.63) is 100 Å². The van der Waals surface area contributed by atoms with Gasteiger partial charge in [0.25, 0.3) is 5.91 Å². The Kier molecular flexibility index (Phi) is 4.97. The molecule has 7 heteroatoms. The number of fused-ring (bicyclic) bond motifs is 3. The lowest BCUT2D eigenvalue weighted by Gasteiger charge is -2.39. The Hall–Kier alpha value is -3.22. The van der Waals surface area contributed by atoms with Crippen LogP contribution in [0.15, 0.2) is 66.9 Å². The third-order valence-corrected chi connectivity index (χ3v) is 7.23. The van der Waals surface area contributed by atoms with Gasteiger partial charge in [0, 0.05) is 35.8 Å². The van der Waals surface area contributed by atoms with E-state index in [1.165, 1.54) is 23.3 Å². The first-order valence-corrected chi connectivity index (χ1v) is 11.6. The summed E-state index contributed by atoms with van der Waals surface area (Å²) < 4.78 is 35.7. The van der Waals surface area contributed by atoms with Crippen LogP contribution in [0.25, 0.3) is 16.6 Å². The number of hydrogen-bond acceptors (Lipinski definition) is 2. The highest BCUT2D eigenvalue weighted by Gasteiger charge is 2.43. The van der Waals surface area contributed by atoms with E-state index in [9.17, 15) is 13.6 Å². The molecule has 0 saturated carbocycles. The average Bonchev–Trinajstić information content (AvgIpc) is 3.37. The van der Waals surface area contributed by atoms with E-state index < -0.39 is 11.6 Å². The fourth-order valence-corrected chi connectivity index (χ4v) is 5.47. The first-order valence-electron chi connectivity index (χ1n) is 11.2. The van der Waals surface area contributed by atoms with Crippen molar-refractivity contribution in [1.82, 2.24) is 9.47 Å². The fourth-order valence-electron chi connectivity index (χ4n) is 5.30. The van der Waals surface area contributed by atoms with Crippen LogP contribution in [0.2, 0.25) is 5.02 Å². The topological polar surface area (TPSA) is 34.5 Å². The lowest BCUT2D eigenvalue weighted by Crippen LogP contribution is -2.45. The van der Waals surface area contributed by atoms with Crippen molar-refractivity contribution in [2.24, 2.45) is 0 Å². The maximum atomic E-state index is 13.9. The number of halogens is 3. The molecule has 34 heavy (non-hydrogen) atoms. The highest BCUT2D eigenvalue weighted by atomic mass is 35.5. The molecule has 172 valence electrons. The van der Waals surface area contributed by atoms with Crippen molar-refractivity contribution in [1.29, 1.82) is 0 Å². The Morgan fingerprint density at radius 2 is 1.71 bits per heavy atom. The number of carbonyl (C=O) groups is 1. The highest BCUT2D eigenvalue weighted by Crippen LogP contribution is 2.44. The quantitative estimate of drug-likeness (QED) is 0.342. The Balaban J connectivity index is 1.34. The highest BCUT2D eigenvalue weighted by molar-refractivity contribution is 6.31. The van der Waals surface area contributed by atoms with E-state index in [4.69, 9.17) is 16.3 Å². The molecule has 0 atom stereocenters. The number of nitrogens with zero attached hydrogens (tertiary/aromatic N) is 2. The van der Waals surface area contributed by atoms with Gasteiger partial charge in [-0.25, -0.2) is 8.78 Å². The van der Waals surface area contributed by atoms with Gasteiger partial charge in [0.1, 0.15) is 11.6 Å². The van der Waals surface area contributed by atoms with Crippen LogP contribution in [0, 0.1) is 11.6 Å². The number of benzene rings is 3. The smallest absolute Gasteiger partial charge is 0.256 e. The van der Waals surface area contributed by atoms with Crippen LogP contribution < -0.4 is 0 Å². The first-order chi connectivity index (χ1) is 16.4. The number of piperidine rings is 1. The number of rotatable bonds is 2. The van der Waals surface area contributed by atoms with Gasteiger partial charge in [-0.1, -0.05) is 41.9 Å². The Morgan fingerprint density at radius 1 is 0.971 bits per heavy atom. The summed E-state index contributed by atoms with van der Waals surface area (Å²) in [6.45, 7) is 1.71. The van der Waals surface area contributed by atoms with Gasteiger partial charge >= 0.3 is 0 Å². The van der Waals surface area contributed by atoms with Crippen LogP contribution in [0.4, 0.5) is 8.78 Å². The maximum Gasteiger partial charge on any atom is 0.256 e. The van der Waals surface area contributed by atoms with Gasteiger partial charge in [-0.15, -0.1) is 0 Å². The van der Waals surface area contributed by atoms with Crippen LogP contribution in [0.5, 0.6) is 0 Å². The second kappa shape index (κ2) is 7.93. The Bertz CT molecular complexity index is 1420. The predicted octanol–water partition coefficient (Wildman–Crippen LogP) is 6.22. The van der Waals surface area contributed by atoms with Crippen molar-refractivity contribution >= 4 is 28.4 Å². The van der Waals surface area contributed by atoms with E-state index >= 15 is 0 Å². The molecule has 0 aliphatic carbocycles. The summed E-state index contributed by atoms with van der Waals surface area (Å²) in [6, 6.07) is 16.7. The molecular weight excluding hydrogens is 458 g/mol. The lowest BCUT2D eigenvalue weighted by molar-refractivity contribution is -0.0741. The maximum absolute atomic E-state index is 13.9. The van der Waals surface area contributed by atoms with Crippen molar-refractivity contribution < 1.29 is 18.3 Å². The van der Waals surface area contributed by atoms with Crippen LogP contribution in [-0.2, 0) is 16.9 Å². The molecule has 3 heterocycles. The molecule has 3 aromatic carbocycles. The fraction of sp³-hybridized carbons (Fsp3) is 0.222. The summed E-state index contributed by atoms with van der Waals surface area (Å²) in [4.78, 5) is 15.4. The second-order valence-electron chi connectivity index (χ2n) is 8.93. The first kappa shape index (κ1) is 21.3. The molecule has 1 fully saturated rings. The minimum Gasteiger partial charge on any atom is -0.365 e. The zero-order chi connectivity index (χ0) is 23.4. The van der Waals surface area contributed by atoms with Crippen molar-refractivity contribution in [3.63, 3.8) is 0 Å². The van der Waals surface area contributed by atoms with Gasteiger partial charge in [0.2, 0.25) is 0 Å². The number of amides is 1. The summed E-state index contributed by atoms with van der Waals surface area (Å²) in [5, 5.41) is 1.15. The minimum atomic E-state index is -0.690. The van der Waals surface area contributed by atoms with Crippen molar-refractivity contribution in [2.75, 3.05) is 13.1 Å². The molecule has 0 bridgehead atoms. The van der Waals surface area contributed by atoms with E-state index in [1.54, 1.807) is 29.0 Å². The molecule has 6 rings (SSSR count). The largest absolute Gasteiger partial charge is 0.365 e. The van der Waals surface area contributed by atoms with E-state index in [1.807, 2.05) is 17.0 Å². The molecule has 1 saturated heterocycles. The van der Waals surface area contributed by atoms with Gasteiger partial charge in [-0.05, 0) is 48.2 Å². The number of carbonyl (C=O) groups excluding carboxylic acids is 1. The average molecular weight is 479 g/mol. The molecule has 1 spiro atoms. The summed E-state index contributed by atoms with van der Waals surface area (Å²) in [6.07, 6.45) is 3.08. The third kappa shape index (κ3) is 3.40. The van der Waals surface area contributed by atoms with E-state index in [0.29, 0.717) is 41.2 Å². The van der Waals surface area contributed by atoms with Gasteiger partial charge < -0.3 is 14.2 Å². The Morgan fingerprint density at radius 3 is 2.47 bits per heavy atom. The van der Waals surface area contributed by atoms with Crippen LogP contribution in [-0.4, -0.2) is 28.5 Å². The molecule has 0 radical (unpaired) electrons. The summed E-state index contributed by atoms with van der Waals surface area (Å²) in [5.74, 6) is -1.50. The molecule has 1 aromatic heterocycles. The Labute approximate surface area is 200 Å². The molecule has 0 N–H and O–H groups in total. The standard InChI is InChI=1S/C27H21ClF2N2O2/c28-18-5-6-22-23(15-32(25(22)11-18)21-13-19(29)12-20(30)14-21)26(33)31-9-7-27(8-10-31)24-4-2-1-3-17(24)16-34-27/h1-6,11-15H,7-10,16H2. The molecular formula is C27H21ClF2N2O2. The monoisotopic (exact) mass is 478 g/mol. The SMILES string of the molecule is O=C(c1cn(-c2cc(F)cc(F)c2)c2cc(Cl)ccc12)N1CCC2(CC1)OCc1ccccc12. The molecule has 1 amide bonds. The third-order valence-electron chi connectivity index (χ3n) is 6.99. The summed E-state index contributed by atoms with van der Waals surface area (Å²) in [7, 11) is 0. The number of likely N-dealkylation sites (tertiary alicyclic amines) is 1. The predicted molar refractivity (Wildman–Crippen MR) is 126 cm³/mol. The van der Waals surface area contributed by atoms with Gasteiger partial charge in [0.05, 0.1) is 29.0 Å². The van der Waals surface area contributed by atoms with Crippen molar-refractivity contribution in [2.45, 2.75) is 25.0 Å². The number of aromatic nitrogens is 1. The molecule has 4 aromatic rings. The molecule has 4 nitrogen and oxygen atoms in total. The van der Waals surface area contributed by atoms with Gasteiger partial charge in [-0.3, -0.25) is 4.79 Å². The van der Waals surface area contributed by atoms with E-state index in [2.05, 4.69) is 12.1 Å². The van der Waals surface area contributed by atoms with Crippen molar-refractivity contribution in [3.8, 4) is 5.69 Å². The zero-order valence-electron chi connectivity index (χ0n) is 18.2. The molecule has 2 aliphatic heterocycles. The van der Waals surface area contributed by atoms with Crippen LogP contribution >= 0.6 is 11.6 Å². The lowest BCUT2D eigenvalue weighted by atomic mass is 9.83.